The van der Waals surface area contributed by atoms with Crippen molar-refractivity contribution < 1.29 is 0 Å². The van der Waals surface area contributed by atoms with Crippen molar-refractivity contribution >= 4 is 0 Å². The second kappa shape index (κ2) is 10.1. The Bertz CT molecular complexity index is 456. The van der Waals surface area contributed by atoms with E-state index in [4.69, 9.17) is 0 Å². The van der Waals surface area contributed by atoms with Gasteiger partial charge in [0.2, 0.25) is 0 Å². The molecule has 118 valence electrons. The maximum Gasteiger partial charge on any atom is 0.0214 e. The van der Waals surface area contributed by atoms with E-state index in [9.17, 15) is 0 Å². The number of hydrogen-bond acceptors (Lipinski definition) is 2. The van der Waals surface area contributed by atoms with E-state index >= 15 is 0 Å². The van der Waals surface area contributed by atoms with Gasteiger partial charge in [-0.1, -0.05) is 74.0 Å². The highest BCUT2D eigenvalue weighted by molar-refractivity contribution is 5.32. The maximum atomic E-state index is 3.60. The number of nitrogens with one attached hydrogen (secondary N) is 2. The van der Waals surface area contributed by atoms with Crippen LogP contribution < -0.4 is 10.6 Å². The first-order valence-corrected chi connectivity index (χ1v) is 8.43. The lowest BCUT2D eigenvalue weighted by molar-refractivity contribution is 0.577. The zero-order valence-electron chi connectivity index (χ0n) is 13.6. The number of unbranched alkanes of at least 4 members (excludes halogenated alkanes) is 1. The van der Waals surface area contributed by atoms with Crippen molar-refractivity contribution in [3.05, 3.63) is 71.8 Å². The zero-order chi connectivity index (χ0) is 15.5. The Morgan fingerprint density at radius 3 is 1.82 bits per heavy atom. The Hall–Kier alpha value is -1.64. The summed E-state index contributed by atoms with van der Waals surface area (Å²) in [5.74, 6) is 0.415. The van der Waals surface area contributed by atoms with Crippen LogP contribution in [0, 0.1) is 0 Å². The molecular formula is C20H28N2. The van der Waals surface area contributed by atoms with E-state index in [1.807, 2.05) is 0 Å². The Morgan fingerprint density at radius 2 is 1.27 bits per heavy atom. The van der Waals surface area contributed by atoms with Crippen LogP contribution in [0.15, 0.2) is 60.7 Å². The molecule has 0 spiro atoms. The zero-order valence-corrected chi connectivity index (χ0v) is 13.6. The van der Waals surface area contributed by atoms with E-state index in [1.165, 1.54) is 24.0 Å². The molecule has 0 unspecified atom stereocenters. The van der Waals surface area contributed by atoms with Crippen LogP contribution >= 0.6 is 0 Å². The Kier molecular flexibility index (Phi) is 7.71. The fourth-order valence-corrected chi connectivity index (χ4v) is 2.65. The third-order valence-electron chi connectivity index (χ3n) is 3.94. The minimum atomic E-state index is 0.415. The van der Waals surface area contributed by atoms with Crippen molar-refractivity contribution in [1.82, 2.24) is 10.6 Å². The molecule has 0 radical (unpaired) electrons. The minimum absolute atomic E-state index is 0.415. The van der Waals surface area contributed by atoms with Gasteiger partial charge >= 0.3 is 0 Å². The molecule has 0 amide bonds. The van der Waals surface area contributed by atoms with Gasteiger partial charge in [-0.05, 0) is 24.1 Å². The molecular weight excluding hydrogens is 268 g/mol. The molecule has 22 heavy (non-hydrogen) atoms. The number of benzene rings is 2. The largest absolute Gasteiger partial charge is 0.315 e. The molecule has 0 saturated heterocycles. The van der Waals surface area contributed by atoms with Gasteiger partial charge in [0.05, 0.1) is 0 Å². The lowest BCUT2D eigenvalue weighted by Gasteiger charge is -2.19. The van der Waals surface area contributed by atoms with Gasteiger partial charge in [-0.3, -0.25) is 0 Å². The van der Waals surface area contributed by atoms with Crippen molar-refractivity contribution in [2.75, 3.05) is 26.2 Å². The van der Waals surface area contributed by atoms with Crippen LogP contribution in [0.1, 0.15) is 36.8 Å². The third-order valence-corrected chi connectivity index (χ3v) is 3.94. The van der Waals surface area contributed by atoms with Crippen molar-refractivity contribution in [3.8, 4) is 0 Å². The summed E-state index contributed by atoms with van der Waals surface area (Å²) < 4.78 is 0. The van der Waals surface area contributed by atoms with E-state index in [1.54, 1.807) is 0 Å². The van der Waals surface area contributed by atoms with Gasteiger partial charge in [-0.25, -0.2) is 0 Å². The standard InChI is InChI=1S/C20H28N2/c1-2-3-14-21-15-16-22-17-20(18-10-6-4-7-11-18)19-12-8-5-9-13-19/h4-13,20-22H,2-3,14-17H2,1H3. The van der Waals surface area contributed by atoms with Crippen LogP contribution in [-0.4, -0.2) is 26.2 Å². The smallest absolute Gasteiger partial charge is 0.0214 e. The number of hydrogen-bond donors (Lipinski definition) is 2. The minimum Gasteiger partial charge on any atom is -0.315 e. The first kappa shape index (κ1) is 16.7. The summed E-state index contributed by atoms with van der Waals surface area (Å²) in [5, 5.41) is 7.07. The molecule has 0 aliphatic heterocycles. The predicted molar refractivity (Wildman–Crippen MR) is 95.4 cm³/mol. The molecule has 0 aliphatic carbocycles. The highest BCUT2D eigenvalue weighted by Crippen LogP contribution is 2.23. The molecule has 0 heterocycles. The van der Waals surface area contributed by atoms with Crippen molar-refractivity contribution in [2.45, 2.75) is 25.7 Å². The van der Waals surface area contributed by atoms with Gasteiger partial charge in [-0.15, -0.1) is 0 Å². The quantitative estimate of drug-likeness (QED) is 0.652. The third kappa shape index (κ3) is 5.63. The van der Waals surface area contributed by atoms with E-state index in [0.29, 0.717) is 5.92 Å². The molecule has 0 bridgehead atoms. The van der Waals surface area contributed by atoms with Crippen LogP contribution in [0.4, 0.5) is 0 Å². The lowest BCUT2D eigenvalue weighted by Crippen LogP contribution is -2.31. The molecule has 0 aromatic heterocycles. The molecule has 2 N–H and O–H groups in total. The van der Waals surface area contributed by atoms with Crippen LogP contribution in [0.5, 0.6) is 0 Å². The monoisotopic (exact) mass is 296 g/mol. The van der Waals surface area contributed by atoms with Gasteiger partial charge in [0.1, 0.15) is 0 Å². The molecule has 2 aromatic carbocycles. The van der Waals surface area contributed by atoms with Gasteiger partial charge in [0.15, 0.2) is 0 Å². The highest BCUT2D eigenvalue weighted by Gasteiger charge is 2.12. The average Bonchev–Trinajstić information content (AvgIpc) is 2.59. The summed E-state index contributed by atoms with van der Waals surface area (Å²) in [5.41, 5.74) is 2.75. The number of rotatable bonds is 10. The molecule has 2 aromatic rings. The van der Waals surface area contributed by atoms with Crippen LogP contribution in [0.3, 0.4) is 0 Å². The van der Waals surface area contributed by atoms with Crippen LogP contribution in [-0.2, 0) is 0 Å². The maximum absolute atomic E-state index is 3.60. The summed E-state index contributed by atoms with van der Waals surface area (Å²) in [7, 11) is 0. The molecule has 0 atom stereocenters. The summed E-state index contributed by atoms with van der Waals surface area (Å²) in [6.45, 7) is 6.38. The molecule has 0 fully saturated rings. The predicted octanol–water partition coefficient (Wildman–Crippen LogP) is 3.80. The lowest BCUT2D eigenvalue weighted by atomic mass is 9.91. The van der Waals surface area contributed by atoms with Crippen molar-refractivity contribution in [1.29, 1.82) is 0 Å². The van der Waals surface area contributed by atoms with Gasteiger partial charge < -0.3 is 10.6 Å². The van der Waals surface area contributed by atoms with Crippen LogP contribution in [0.25, 0.3) is 0 Å². The van der Waals surface area contributed by atoms with Gasteiger partial charge in [0, 0.05) is 25.6 Å². The molecule has 0 saturated carbocycles. The molecule has 2 nitrogen and oxygen atoms in total. The SMILES string of the molecule is CCCCNCCNCC(c1ccccc1)c1ccccc1. The van der Waals surface area contributed by atoms with E-state index < -0.39 is 0 Å². The van der Waals surface area contributed by atoms with E-state index in [0.717, 1.165) is 26.2 Å². The first-order valence-electron chi connectivity index (χ1n) is 8.43. The Morgan fingerprint density at radius 1 is 0.727 bits per heavy atom. The fraction of sp³-hybridized carbons (Fsp3) is 0.400. The average molecular weight is 296 g/mol. The van der Waals surface area contributed by atoms with Crippen molar-refractivity contribution in [3.63, 3.8) is 0 Å². The summed E-state index contributed by atoms with van der Waals surface area (Å²) in [4.78, 5) is 0. The topological polar surface area (TPSA) is 24.1 Å². The first-order chi connectivity index (χ1) is 10.9. The van der Waals surface area contributed by atoms with Crippen molar-refractivity contribution in [2.24, 2.45) is 0 Å². The highest BCUT2D eigenvalue weighted by atomic mass is 14.9. The second-order valence-electron chi connectivity index (χ2n) is 5.68. The summed E-state index contributed by atoms with van der Waals surface area (Å²) in [6.07, 6.45) is 2.52. The summed E-state index contributed by atoms with van der Waals surface area (Å²) in [6, 6.07) is 21.5. The normalized spacial score (nSPS) is 11.0. The van der Waals surface area contributed by atoms with Crippen LogP contribution in [0.2, 0.25) is 0 Å². The fourth-order valence-electron chi connectivity index (χ4n) is 2.65. The molecule has 2 rings (SSSR count). The van der Waals surface area contributed by atoms with Gasteiger partial charge in [-0.2, -0.15) is 0 Å². The van der Waals surface area contributed by atoms with Gasteiger partial charge in [0.25, 0.3) is 0 Å². The Balaban J connectivity index is 1.87. The van der Waals surface area contributed by atoms with E-state index in [2.05, 4.69) is 78.2 Å². The summed E-state index contributed by atoms with van der Waals surface area (Å²) >= 11 is 0. The Labute approximate surface area is 135 Å². The van der Waals surface area contributed by atoms with E-state index in [-0.39, 0.29) is 0 Å². The molecule has 2 heteroatoms. The second-order valence-corrected chi connectivity index (χ2v) is 5.68. The molecule has 0 aliphatic rings.